The van der Waals surface area contributed by atoms with Crippen LogP contribution in [0.3, 0.4) is 0 Å². The summed E-state index contributed by atoms with van der Waals surface area (Å²) >= 11 is 0. The van der Waals surface area contributed by atoms with Crippen LogP contribution in [0.5, 0.6) is 0 Å². The zero-order valence-corrected chi connectivity index (χ0v) is 22.6. The summed E-state index contributed by atoms with van der Waals surface area (Å²) in [6.45, 7) is 7.84. The van der Waals surface area contributed by atoms with Crippen molar-refractivity contribution in [3.8, 4) is 5.69 Å². The summed E-state index contributed by atoms with van der Waals surface area (Å²) in [4.78, 5) is 2.26. The Labute approximate surface area is 239 Å². The van der Waals surface area contributed by atoms with Gasteiger partial charge in [-0.25, -0.2) is 0 Å². The second-order valence-corrected chi connectivity index (χ2v) is 9.89. The highest BCUT2D eigenvalue weighted by Gasteiger charge is 2.21. The highest BCUT2D eigenvalue weighted by molar-refractivity contribution is 6.09. The molecule has 2 heterocycles. The molecule has 3 nitrogen and oxygen atoms in total. The van der Waals surface area contributed by atoms with E-state index in [1.807, 2.05) is 18.2 Å². The number of furan rings is 1. The number of benzene rings is 5. The van der Waals surface area contributed by atoms with E-state index in [2.05, 4.69) is 138 Å². The number of rotatable bonds is 7. The van der Waals surface area contributed by atoms with Crippen LogP contribution in [-0.4, -0.2) is 4.57 Å². The first-order valence-electron chi connectivity index (χ1n) is 13.7. The van der Waals surface area contributed by atoms with E-state index in [0.29, 0.717) is 0 Å². The molecule has 7 rings (SSSR count). The average molecular weight is 529 g/mol. The molecule has 0 N–H and O–H groups in total. The Morgan fingerprint density at radius 1 is 0.634 bits per heavy atom. The first-order valence-corrected chi connectivity index (χ1v) is 13.7. The summed E-state index contributed by atoms with van der Waals surface area (Å²) in [6, 6.07) is 42.6. The number of fused-ring (bicyclic) bond motifs is 4. The maximum atomic E-state index is 6.47. The SMILES string of the molecule is C=C/C=C\c1c(C=C)oc2c(N(c3ccccc3)c3cccc(-n4c5ccccc5c5ccccc54)c3)cccc12. The Hall–Kier alpha value is -5.54. The molecule has 0 bridgehead atoms. The van der Waals surface area contributed by atoms with E-state index in [1.165, 1.54) is 21.8 Å². The monoisotopic (exact) mass is 528 g/mol. The van der Waals surface area contributed by atoms with Crippen molar-refractivity contribution >= 4 is 62.0 Å². The van der Waals surface area contributed by atoms with E-state index in [0.717, 1.165) is 45.0 Å². The minimum absolute atomic E-state index is 0.734. The van der Waals surface area contributed by atoms with E-state index in [-0.39, 0.29) is 0 Å². The normalized spacial score (nSPS) is 11.5. The minimum atomic E-state index is 0.734. The zero-order valence-electron chi connectivity index (χ0n) is 22.6. The average Bonchev–Trinajstić information content (AvgIpc) is 3.57. The third-order valence-corrected chi connectivity index (χ3v) is 7.53. The van der Waals surface area contributed by atoms with Gasteiger partial charge in [0, 0.05) is 38.8 Å². The van der Waals surface area contributed by atoms with Crippen molar-refractivity contribution in [2.24, 2.45) is 0 Å². The molecule has 0 aliphatic carbocycles. The molecule has 0 amide bonds. The van der Waals surface area contributed by atoms with E-state index in [1.54, 1.807) is 12.2 Å². The first kappa shape index (κ1) is 24.5. The van der Waals surface area contributed by atoms with Gasteiger partial charge in [-0.3, -0.25) is 0 Å². The van der Waals surface area contributed by atoms with Crippen molar-refractivity contribution in [3.05, 3.63) is 158 Å². The smallest absolute Gasteiger partial charge is 0.159 e. The molecule has 0 fully saturated rings. The highest BCUT2D eigenvalue weighted by atomic mass is 16.3. The maximum absolute atomic E-state index is 6.47. The van der Waals surface area contributed by atoms with Crippen LogP contribution in [0.25, 0.3) is 50.6 Å². The minimum Gasteiger partial charge on any atom is -0.454 e. The van der Waals surface area contributed by atoms with Gasteiger partial charge in [0.2, 0.25) is 0 Å². The molecule has 0 saturated carbocycles. The standard InChI is InChI=1S/C38H28N2O/c1-3-5-19-32-33-22-14-25-36(38(33)41-37(32)4-2)39(27-15-7-6-8-16-27)28-17-13-18-29(26-28)40-34-23-11-9-20-30(34)31-21-10-12-24-35(31)40/h3-26H,1-2H2/b19-5-. The van der Waals surface area contributed by atoms with Gasteiger partial charge in [-0.15, -0.1) is 0 Å². The van der Waals surface area contributed by atoms with Crippen LogP contribution < -0.4 is 4.90 Å². The molecule has 2 aromatic heterocycles. The van der Waals surface area contributed by atoms with Crippen LogP contribution in [0.15, 0.2) is 151 Å². The fourth-order valence-electron chi connectivity index (χ4n) is 5.78. The predicted octanol–water partition coefficient (Wildman–Crippen LogP) is 10.8. The summed E-state index contributed by atoms with van der Waals surface area (Å²) in [6.07, 6.45) is 7.48. The van der Waals surface area contributed by atoms with Crippen LogP contribution in [0, 0.1) is 0 Å². The molecule has 0 saturated heterocycles. The van der Waals surface area contributed by atoms with Gasteiger partial charge in [0.1, 0.15) is 5.76 Å². The van der Waals surface area contributed by atoms with Gasteiger partial charge in [-0.2, -0.15) is 0 Å². The Morgan fingerprint density at radius 3 is 1.98 bits per heavy atom. The summed E-state index contributed by atoms with van der Waals surface area (Å²) in [5, 5.41) is 3.51. The number of anilines is 3. The lowest BCUT2D eigenvalue weighted by Gasteiger charge is -2.26. The third kappa shape index (κ3) is 4.07. The molecule has 0 radical (unpaired) electrons. The number of hydrogen-bond acceptors (Lipinski definition) is 2. The van der Waals surface area contributed by atoms with Crippen LogP contribution in [0.4, 0.5) is 17.1 Å². The first-order chi connectivity index (χ1) is 20.3. The van der Waals surface area contributed by atoms with E-state index >= 15 is 0 Å². The van der Waals surface area contributed by atoms with Crippen LogP contribution in [-0.2, 0) is 0 Å². The fourth-order valence-corrected chi connectivity index (χ4v) is 5.78. The molecule has 0 aliphatic heterocycles. The van der Waals surface area contributed by atoms with E-state index in [4.69, 9.17) is 4.42 Å². The number of allylic oxidation sites excluding steroid dienone is 2. The molecular formula is C38H28N2O. The predicted molar refractivity (Wildman–Crippen MR) is 175 cm³/mol. The summed E-state index contributed by atoms with van der Waals surface area (Å²) in [7, 11) is 0. The van der Waals surface area contributed by atoms with Gasteiger partial charge < -0.3 is 13.9 Å². The van der Waals surface area contributed by atoms with E-state index in [9.17, 15) is 0 Å². The van der Waals surface area contributed by atoms with Gasteiger partial charge in [0.05, 0.1) is 16.7 Å². The fraction of sp³-hybridized carbons (Fsp3) is 0. The van der Waals surface area contributed by atoms with Gasteiger partial charge in [-0.1, -0.05) is 104 Å². The van der Waals surface area contributed by atoms with Gasteiger partial charge >= 0.3 is 0 Å². The van der Waals surface area contributed by atoms with Crippen molar-refractivity contribution in [2.75, 3.05) is 4.90 Å². The van der Waals surface area contributed by atoms with Gasteiger partial charge in [0.15, 0.2) is 5.58 Å². The van der Waals surface area contributed by atoms with Gasteiger partial charge in [-0.05, 0) is 54.6 Å². The number of nitrogens with zero attached hydrogens (tertiary/aromatic N) is 2. The Morgan fingerprint density at radius 2 is 1.27 bits per heavy atom. The van der Waals surface area contributed by atoms with E-state index < -0.39 is 0 Å². The number of aromatic nitrogens is 1. The Balaban J connectivity index is 1.48. The summed E-state index contributed by atoms with van der Waals surface area (Å²) < 4.78 is 8.81. The molecule has 196 valence electrons. The molecule has 7 aromatic rings. The van der Waals surface area contributed by atoms with Crippen molar-refractivity contribution < 1.29 is 4.42 Å². The molecular weight excluding hydrogens is 500 g/mol. The summed E-state index contributed by atoms with van der Waals surface area (Å²) in [5.74, 6) is 0.734. The third-order valence-electron chi connectivity index (χ3n) is 7.53. The molecule has 0 unspecified atom stereocenters. The lowest BCUT2D eigenvalue weighted by molar-refractivity contribution is 0.604. The topological polar surface area (TPSA) is 21.3 Å². The van der Waals surface area contributed by atoms with Crippen LogP contribution in [0.1, 0.15) is 11.3 Å². The lowest BCUT2D eigenvalue weighted by Crippen LogP contribution is -2.10. The highest BCUT2D eigenvalue weighted by Crippen LogP contribution is 2.42. The van der Waals surface area contributed by atoms with Crippen LogP contribution in [0.2, 0.25) is 0 Å². The second-order valence-electron chi connectivity index (χ2n) is 9.89. The molecule has 0 atom stereocenters. The number of para-hydroxylation sites is 4. The Bertz CT molecular complexity index is 2040. The van der Waals surface area contributed by atoms with Crippen molar-refractivity contribution in [3.63, 3.8) is 0 Å². The molecule has 0 spiro atoms. The summed E-state index contributed by atoms with van der Waals surface area (Å²) in [5.41, 5.74) is 8.27. The van der Waals surface area contributed by atoms with Gasteiger partial charge in [0.25, 0.3) is 0 Å². The largest absolute Gasteiger partial charge is 0.454 e. The Kier molecular flexibility index (Phi) is 6.10. The quantitative estimate of drug-likeness (QED) is 0.192. The maximum Gasteiger partial charge on any atom is 0.159 e. The zero-order chi connectivity index (χ0) is 27.8. The van der Waals surface area contributed by atoms with Crippen molar-refractivity contribution in [1.82, 2.24) is 4.57 Å². The molecule has 0 aliphatic rings. The molecule has 5 aromatic carbocycles. The van der Waals surface area contributed by atoms with Crippen molar-refractivity contribution in [1.29, 1.82) is 0 Å². The second kappa shape index (κ2) is 10.2. The van der Waals surface area contributed by atoms with Crippen molar-refractivity contribution in [2.45, 2.75) is 0 Å². The molecule has 3 heteroatoms. The molecule has 41 heavy (non-hydrogen) atoms. The van der Waals surface area contributed by atoms with Crippen LogP contribution >= 0.6 is 0 Å². The number of hydrogen-bond donors (Lipinski definition) is 0. The lowest BCUT2D eigenvalue weighted by atomic mass is 10.1.